The first-order chi connectivity index (χ1) is 52.3. The zero-order chi connectivity index (χ0) is 76.1. The minimum Gasteiger partial charge on any atom is -0.394 e. The first kappa shape index (κ1) is 77.2. The van der Waals surface area contributed by atoms with Gasteiger partial charge in [-0.3, -0.25) is 9.59 Å². The Morgan fingerprint density at radius 1 is 0.472 bits per heavy atom. The second kappa shape index (κ2) is 35.5. The molecule has 15 atom stereocenters. The third kappa shape index (κ3) is 18.0. The molecular weight excluding hydrogens is 1420 g/mol. The third-order valence-corrected chi connectivity index (χ3v) is 19.0. The van der Waals surface area contributed by atoms with Crippen LogP contribution in [0.5, 0.6) is 0 Å². The molecule has 25 nitrogen and oxygen atoms in total. The van der Waals surface area contributed by atoms with Crippen molar-refractivity contribution in [2.45, 2.75) is 111 Å². The van der Waals surface area contributed by atoms with Crippen LogP contribution in [0.2, 0.25) is 0 Å². The maximum Gasteiger partial charge on any atom is 0.256 e. The number of aromatic nitrogens is 9. The number of hydrogen-bond donors (Lipinski definition) is 10. The van der Waals surface area contributed by atoms with Crippen molar-refractivity contribution in [2.24, 2.45) is 0 Å². The van der Waals surface area contributed by atoms with E-state index in [1.54, 1.807) is 60.8 Å². The number of aliphatic hydroxyl groups is 10. The molecule has 15 rings (SSSR count). The normalized spacial score (nSPS) is 24.4. The molecular formula is C79H75ClF3N10O15+. The number of nitrogens with zero attached hydrogens (tertiary/aromatic N) is 10. The lowest BCUT2D eigenvalue weighted by Gasteiger charge is -2.46. The summed E-state index contributed by atoms with van der Waals surface area (Å²) >= 11 is 5.36. The standard InChI is InChI=1S/C32H29FN4O5.C22H23FN3O4.C14H16FN3O5.C11H7ClO/c33-25-12-6-11-23(16-25)26-18-37(35-34-26)28-29(39)27(19-38)42-32(30(28)40)36(17-20-7-2-1-3-8-20)31(41)24-14-13-21-9-4-5-10-22(21)15-24;23-16-8-4-7-15(11-16)17-12-26(25-24-17)20-21(28)18(30-19(13-27)22(20)29)10-9-14-5-2-1-3-6-14;15-8-3-1-2-7(4-8)9-5-18(17-16-9)11-12(20)10(6-19)23-14(22)13(11)21;12-11(13)10-6-5-8-3-1-2-4-9(8)7-10/h1-16,18,27-30,32,38-40H,17,19H2;2-8,11-12,18-22,27-29H,9-10,13H2;1-5,10-14,19-22H,6H2;1-7H/q;+1;;/t27?,28-,29-,30?,32?;18?,19?,20-,21?,22+;10?,11-,12-,13?,14?;/m010./s1. The van der Waals surface area contributed by atoms with Gasteiger partial charge in [-0.1, -0.05) is 143 Å². The molecule has 29 heteroatoms. The number of allylic oxidation sites excluding steroid dienone is 6. The highest BCUT2D eigenvalue weighted by Gasteiger charge is 2.50. The summed E-state index contributed by atoms with van der Waals surface area (Å²) in [6.45, 7) is -1.42. The molecule has 108 heavy (non-hydrogen) atoms. The van der Waals surface area contributed by atoms with E-state index in [9.17, 15) is 73.8 Å². The van der Waals surface area contributed by atoms with Gasteiger partial charge < -0.3 is 70.2 Å². The van der Waals surface area contributed by atoms with Gasteiger partial charge in [0.05, 0.1) is 62.2 Å². The fourth-order valence-electron chi connectivity index (χ4n) is 13.1. The second-order valence-electron chi connectivity index (χ2n) is 25.9. The molecule has 10 N–H and O–H groups in total. The fourth-order valence-corrected chi connectivity index (χ4v) is 13.3. The van der Waals surface area contributed by atoms with Gasteiger partial charge in [0.1, 0.15) is 120 Å². The summed E-state index contributed by atoms with van der Waals surface area (Å²) < 4.78 is 61.2. The number of rotatable bonds is 17. The van der Waals surface area contributed by atoms with E-state index >= 15 is 0 Å². The highest BCUT2D eigenvalue weighted by Crippen LogP contribution is 2.37. The summed E-state index contributed by atoms with van der Waals surface area (Å²) in [5.41, 5.74) is 5.35. The predicted octanol–water partition coefficient (Wildman–Crippen LogP) is 7.58. The van der Waals surface area contributed by atoms with Gasteiger partial charge in [-0.05, 0) is 112 Å². The van der Waals surface area contributed by atoms with Gasteiger partial charge >= 0.3 is 0 Å². The lowest BCUT2D eigenvalue weighted by molar-refractivity contribution is -0.270. The van der Waals surface area contributed by atoms with Crippen molar-refractivity contribution < 1.29 is 88.0 Å². The van der Waals surface area contributed by atoms with Crippen LogP contribution in [0.15, 0.2) is 237 Å². The number of fused-ring (bicyclic) bond motifs is 2. The Kier molecular flexibility index (Phi) is 25.4. The average Bonchev–Trinajstić information content (AvgIpc) is 1.40. The van der Waals surface area contributed by atoms with E-state index in [1.165, 1.54) is 73.8 Å². The van der Waals surface area contributed by atoms with E-state index in [0.29, 0.717) is 57.7 Å². The van der Waals surface area contributed by atoms with E-state index in [4.69, 9.17) is 25.8 Å². The minimum absolute atomic E-state index is 0.0844. The maximum absolute atomic E-state index is 14.1. The van der Waals surface area contributed by atoms with E-state index in [-0.39, 0.29) is 6.54 Å². The van der Waals surface area contributed by atoms with Gasteiger partial charge in [0.2, 0.25) is 0 Å². The van der Waals surface area contributed by atoms with Crippen LogP contribution in [-0.2, 0) is 20.8 Å². The summed E-state index contributed by atoms with van der Waals surface area (Å²) in [4.78, 5) is 26.4. The van der Waals surface area contributed by atoms with Crippen LogP contribution in [-0.4, -0.2) is 205 Å². The molecule has 8 aromatic carbocycles. The number of aliphatic hydroxyl groups excluding tert-OH is 10. The number of benzene rings is 8. The molecule has 1 amide bonds. The lowest BCUT2D eigenvalue weighted by Crippen LogP contribution is -2.61. The molecule has 3 fully saturated rings. The second-order valence-corrected chi connectivity index (χ2v) is 26.2. The molecule has 6 heterocycles. The summed E-state index contributed by atoms with van der Waals surface area (Å²) in [5, 5.41) is 131. The van der Waals surface area contributed by atoms with Crippen molar-refractivity contribution in [3.05, 3.63) is 277 Å². The monoisotopic (exact) mass is 1500 g/mol. The summed E-state index contributed by atoms with van der Waals surface area (Å²) in [5.74, 6) is -1.68. The van der Waals surface area contributed by atoms with E-state index < -0.39 is 140 Å². The number of ether oxygens (including phenoxy) is 3. The van der Waals surface area contributed by atoms with Gasteiger partial charge in [0, 0.05) is 40.4 Å². The highest BCUT2D eigenvalue weighted by atomic mass is 35.5. The van der Waals surface area contributed by atoms with Gasteiger partial charge in [0.15, 0.2) is 12.5 Å². The molecule has 558 valence electrons. The predicted molar refractivity (Wildman–Crippen MR) is 388 cm³/mol. The number of halogens is 4. The fraction of sp³-hybridized carbons (Fsp3) is 0.266. The first-order valence-corrected chi connectivity index (χ1v) is 34.7. The van der Waals surface area contributed by atoms with Crippen molar-refractivity contribution in [3.63, 3.8) is 0 Å². The summed E-state index contributed by atoms with van der Waals surface area (Å²) in [7, 11) is 0. The Morgan fingerprint density at radius 2 is 0.907 bits per heavy atom. The van der Waals surface area contributed by atoms with Crippen LogP contribution in [0.1, 0.15) is 57.2 Å². The molecule has 9 unspecified atom stereocenters. The number of amides is 1. The van der Waals surface area contributed by atoms with Crippen molar-refractivity contribution >= 4 is 44.3 Å². The van der Waals surface area contributed by atoms with Gasteiger partial charge in [0.25, 0.3) is 11.1 Å². The SMILES string of the molecule is O=C(Cl)c1ccc2ccccc2c1.O=C(c1ccc2ccccc2c1)N(Cc1ccccc1)C1OC(CO)[C@H](O)[C@H](n2cc(-c3cccc(F)c3)nn2)C1O.OCC1OC(CCC2=CC=[C+]C=C2)C(O)[C@@H](n2cc(-c3cccc(F)c3)nn2)[C@H]1O.OCC1OC(O)C(O)[C@@H](n2cc(-c3cccc(F)c3)nn2)[C@H]1O. The first-order valence-electron chi connectivity index (χ1n) is 34.3. The molecule has 3 aromatic heterocycles. The molecule has 3 saturated heterocycles. The molecule has 4 aliphatic rings. The van der Waals surface area contributed by atoms with Crippen molar-refractivity contribution in [2.75, 3.05) is 19.8 Å². The van der Waals surface area contributed by atoms with Crippen molar-refractivity contribution in [3.8, 4) is 33.8 Å². The van der Waals surface area contributed by atoms with Crippen LogP contribution < -0.4 is 0 Å². The molecule has 0 radical (unpaired) electrons. The number of hydrogen-bond acceptors (Lipinski definition) is 21. The van der Waals surface area contributed by atoms with Crippen molar-refractivity contribution in [1.29, 1.82) is 0 Å². The van der Waals surface area contributed by atoms with Crippen LogP contribution in [0, 0.1) is 23.5 Å². The number of carbonyl (C=O) groups is 2. The van der Waals surface area contributed by atoms with Crippen molar-refractivity contribution in [1.82, 2.24) is 49.9 Å². The Morgan fingerprint density at radius 3 is 1.38 bits per heavy atom. The zero-order valence-electron chi connectivity index (χ0n) is 57.3. The largest absolute Gasteiger partial charge is 0.394 e. The zero-order valence-corrected chi connectivity index (χ0v) is 58.1. The average molecular weight is 1500 g/mol. The van der Waals surface area contributed by atoms with Crippen LogP contribution in [0.25, 0.3) is 55.3 Å². The molecule has 0 saturated carbocycles. The Labute approximate surface area is 620 Å². The van der Waals surface area contributed by atoms with E-state index in [0.717, 1.165) is 32.7 Å². The summed E-state index contributed by atoms with van der Waals surface area (Å²) in [6.07, 6.45) is 1.65. The van der Waals surface area contributed by atoms with E-state index in [1.807, 2.05) is 115 Å². The third-order valence-electron chi connectivity index (χ3n) is 18.8. The minimum atomic E-state index is -1.58. The molecule has 11 aromatic rings. The van der Waals surface area contributed by atoms with Crippen LogP contribution in [0.3, 0.4) is 0 Å². The van der Waals surface area contributed by atoms with Gasteiger partial charge in [-0.25, -0.2) is 27.2 Å². The van der Waals surface area contributed by atoms with Gasteiger partial charge in [-0.15, -0.1) is 15.3 Å². The molecule has 0 bridgehead atoms. The molecule has 1 aliphatic carbocycles. The Hall–Kier alpha value is -10.5. The van der Waals surface area contributed by atoms with Crippen LogP contribution in [0.4, 0.5) is 13.2 Å². The van der Waals surface area contributed by atoms with Crippen LogP contribution >= 0.6 is 11.6 Å². The summed E-state index contributed by atoms with van der Waals surface area (Å²) in [6, 6.07) is 50.0. The highest BCUT2D eigenvalue weighted by molar-refractivity contribution is 6.67. The molecule has 0 spiro atoms. The Bertz CT molecular complexity index is 4970. The maximum atomic E-state index is 14.1. The molecule has 3 aliphatic heterocycles. The number of carbonyl (C=O) groups excluding carboxylic acids is 2. The quantitative estimate of drug-likeness (QED) is 0.0310. The smallest absolute Gasteiger partial charge is 0.256 e. The lowest BCUT2D eigenvalue weighted by atomic mass is 9.89. The van der Waals surface area contributed by atoms with Gasteiger partial charge in [-0.2, -0.15) is 0 Å². The van der Waals surface area contributed by atoms with E-state index in [2.05, 4.69) is 37.0 Å². The Balaban J connectivity index is 0.000000144. The topological polar surface area (TPSA) is 360 Å².